The van der Waals surface area contributed by atoms with Crippen LogP contribution in [0, 0.1) is 22.9 Å². The van der Waals surface area contributed by atoms with Crippen molar-refractivity contribution >= 4 is 5.69 Å². The zero-order valence-electron chi connectivity index (χ0n) is 10.7. The fourth-order valence-electron chi connectivity index (χ4n) is 1.78. The Morgan fingerprint density at radius 1 is 1.43 bits per heavy atom. The van der Waals surface area contributed by atoms with E-state index in [2.05, 4.69) is 5.10 Å². The molecule has 112 valence electrons. The molecule has 0 bridgehead atoms. The van der Waals surface area contributed by atoms with Crippen LogP contribution in [-0.4, -0.2) is 25.7 Å². The number of rotatable bonds is 4. The second-order valence-corrected chi connectivity index (χ2v) is 4.14. The molecule has 2 rings (SSSR count). The van der Waals surface area contributed by atoms with E-state index in [0.717, 1.165) is 12.1 Å². The van der Waals surface area contributed by atoms with Gasteiger partial charge in [-0.2, -0.15) is 9.78 Å². The monoisotopic (exact) mass is 302 g/mol. The molecule has 0 saturated carbocycles. The van der Waals surface area contributed by atoms with Gasteiger partial charge >= 0.3 is 5.69 Å². The van der Waals surface area contributed by atoms with Gasteiger partial charge in [0.05, 0.1) is 17.5 Å². The average Bonchev–Trinajstić information content (AvgIpc) is 2.66. The molecule has 1 aromatic carbocycles. The largest absolute Gasteiger partial charge is 0.351 e. The first-order chi connectivity index (χ1) is 9.81. The number of nitro benzene ring substituents is 1. The van der Waals surface area contributed by atoms with Crippen molar-refractivity contribution < 1.29 is 18.1 Å². The molecule has 0 aliphatic carbocycles. The molecule has 1 aromatic heterocycles. The van der Waals surface area contributed by atoms with Crippen LogP contribution in [0.1, 0.15) is 5.82 Å². The molecule has 1 heterocycles. The van der Waals surface area contributed by atoms with Crippen LogP contribution in [0.5, 0.6) is 0 Å². The number of hydrogen-bond acceptors (Lipinski definition) is 4. The van der Waals surface area contributed by atoms with Crippen molar-refractivity contribution in [3.8, 4) is 5.69 Å². The highest BCUT2D eigenvalue weighted by atomic mass is 19.3. The second kappa shape index (κ2) is 5.38. The molecule has 2 aromatic rings. The zero-order chi connectivity index (χ0) is 15.7. The van der Waals surface area contributed by atoms with Crippen molar-refractivity contribution in [2.75, 3.05) is 0 Å². The molecule has 10 heteroatoms. The molecule has 0 unspecified atom stereocenters. The van der Waals surface area contributed by atoms with Crippen LogP contribution in [0.15, 0.2) is 23.0 Å². The predicted molar refractivity (Wildman–Crippen MR) is 65.2 cm³/mol. The number of non-ortho nitro benzene ring substituents is 1. The molecule has 0 radical (unpaired) electrons. The van der Waals surface area contributed by atoms with Gasteiger partial charge in [-0.05, 0) is 13.0 Å². The molecule has 0 aliphatic rings. The third-order valence-corrected chi connectivity index (χ3v) is 2.74. The summed E-state index contributed by atoms with van der Waals surface area (Å²) < 4.78 is 39.8. The normalized spacial score (nSPS) is 11.1. The first-order valence-corrected chi connectivity index (χ1v) is 5.70. The van der Waals surface area contributed by atoms with Crippen molar-refractivity contribution in [2.24, 2.45) is 0 Å². The van der Waals surface area contributed by atoms with E-state index in [4.69, 9.17) is 0 Å². The summed E-state index contributed by atoms with van der Waals surface area (Å²) in [6.07, 6.45) is -2.76. The summed E-state index contributed by atoms with van der Waals surface area (Å²) in [6, 6.07) is 2.61. The van der Waals surface area contributed by atoms with Crippen LogP contribution in [-0.2, 0) is 6.54 Å². The van der Waals surface area contributed by atoms with Crippen molar-refractivity contribution in [3.63, 3.8) is 0 Å². The molecule has 0 atom stereocenters. The number of halogens is 3. The summed E-state index contributed by atoms with van der Waals surface area (Å²) in [4.78, 5) is 21.6. The Morgan fingerprint density at radius 3 is 2.62 bits per heavy atom. The maximum Gasteiger partial charge on any atom is 0.351 e. The summed E-state index contributed by atoms with van der Waals surface area (Å²) in [6.45, 7) is 0.461. The molecule has 0 amide bonds. The lowest BCUT2D eigenvalue weighted by Gasteiger charge is -2.02. The van der Waals surface area contributed by atoms with Gasteiger partial charge in [-0.15, -0.1) is 0 Å². The Labute approximate surface area is 115 Å². The summed E-state index contributed by atoms with van der Waals surface area (Å²) in [5, 5.41) is 14.2. The second-order valence-electron chi connectivity index (χ2n) is 4.14. The van der Waals surface area contributed by atoms with E-state index in [1.807, 2.05) is 0 Å². The zero-order valence-corrected chi connectivity index (χ0v) is 10.7. The summed E-state index contributed by atoms with van der Waals surface area (Å²) in [5.74, 6) is -1.06. The van der Waals surface area contributed by atoms with Crippen molar-refractivity contribution in [2.45, 2.75) is 19.9 Å². The SMILES string of the molecule is Cc1nn(-c2ccc([N+](=O)[O-])cc2F)c(=O)n1CC(F)F. The van der Waals surface area contributed by atoms with Gasteiger partial charge in [0.25, 0.3) is 12.1 Å². The number of aryl methyl sites for hydroxylation is 1. The van der Waals surface area contributed by atoms with E-state index in [9.17, 15) is 28.1 Å². The highest BCUT2D eigenvalue weighted by molar-refractivity contribution is 5.41. The topological polar surface area (TPSA) is 83.0 Å². The third kappa shape index (κ3) is 2.78. The number of benzene rings is 1. The highest BCUT2D eigenvalue weighted by Crippen LogP contribution is 2.18. The maximum atomic E-state index is 13.8. The van der Waals surface area contributed by atoms with Crippen molar-refractivity contribution in [3.05, 3.63) is 50.4 Å². The standard InChI is InChI=1S/C11H9F3N4O3/c1-6-15-17(11(19)16(6)5-10(13)14)9-3-2-7(18(20)21)4-8(9)12/h2-4,10H,5H2,1H3. The van der Waals surface area contributed by atoms with Crippen LogP contribution < -0.4 is 5.69 Å². The molecule has 7 nitrogen and oxygen atoms in total. The van der Waals surface area contributed by atoms with Gasteiger partial charge in [0.15, 0.2) is 5.82 Å². The van der Waals surface area contributed by atoms with Crippen LogP contribution in [0.25, 0.3) is 5.69 Å². The lowest BCUT2D eigenvalue weighted by Crippen LogP contribution is -2.27. The smallest absolute Gasteiger partial charge is 0.273 e. The Hall–Kier alpha value is -2.65. The summed E-state index contributed by atoms with van der Waals surface area (Å²) >= 11 is 0. The van der Waals surface area contributed by atoms with Crippen LogP contribution in [0.3, 0.4) is 0 Å². The summed E-state index contributed by atoms with van der Waals surface area (Å²) in [7, 11) is 0. The predicted octanol–water partition coefficient (Wildman–Crippen LogP) is 1.65. The minimum absolute atomic E-state index is 0.0157. The van der Waals surface area contributed by atoms with Gasteiger partial charge in [-0.25, -0.2) is 18.0 Å². The van der Waals surface area contributed by atoms with Crippen LogP contribution in [0.2, 0.25) is 0 Å². The van der Waals surface area contributed by atoms with Gasteiger partial charge in [0.2, 0.25) is 0 Å². The fraction of sp³-hybridized carbons (Fsp3) is 0.273. The maximum absolute atomic E-state index is 13.8. The lowest BCUT2D eigenvalue weighted by atomic mass is 10.3. The fourth-order valence-corrected chi connectivity index (χ4v) is 1.78. The molecular formula is C11H9F3N4O3. The summed E-state index contributed by atoms with van der Waals surface area (Å²) in [5.41, 5.74) is -1.78. The van der Waals surface area contributed by atoms with E-state index in [0.29, 0.717) is 15.3 Å². The molecule has 0 N–H and O–H groups in total. The third-order valence-electron chi connectivity index (χ3n) is 2.74. The average molecular weight is 302 g/mol. The van der Waals surface area contributed by atoms with Gasteiger partial charge in [-0.1, -0.05) is 0 Å². The number of alkyl halides is 2. The molecule has 0 fully saturated rings. The van der Waals surface area contributed by atoms with Crippen LogP contribution in [0.4, 0.5) is 18.9 Å². The molecule has 0 aliphatic heterocycles. The van der Waals surface area contributed by atoms with Gasteiger partial charge in [0.1, 0.15) is 11.5 Å². The van der Waals surface area contributed by atoms with Crippen molar-refractivity contribution in [1.82, 2.24) is 14.3 Å². The van der Waals surface area contributed by atoms with E-state index < -0.39 is 35.1 Å². The van der Waals surface area contributed by atoms with Crippen molar-refractivity contribution in [1.29, 1.82) is 0 Å². The molecular weight excluding hydrogens is 293 g/mol. The van der Waals surface area contributed by atoms with E-state index in [1.165, 1.54) is 6.92 Å². The number of hydrogen-bond donors (Lipinski definition) is 0. The Balaban J connectivity index is 2.53. The van der Waals surface area contributed by atoms with Gasteiger partial charge in [0, 0.05) is 6.07 Å². The van der Waals surface area contributed by atoms with Gasteiger partial charge < -0.3 is 0 Å². The van der Waals surface area contributed by atoms with Gasteiger partial charge in [-0.3, -0.25) is 14.7 Å². The first kappa shape index (κ1) is 14.8. The molecule has 0 spiro atoms. The Morgan fingerprint density at radius 2 is 2.10 bits per heavy atom. The van der Waals surface area contributed by atoms with E-state index in [-0.39, 0.29) is 11.5 Å². The van der Waals surface area contributed by atoms with E-state index in [1.54, 1.807) is 0 Å². The minimum Gasteiger partial charge on any atom is -0.273 e. The first-order valence-electron chi connectivity index (χ1n) is 5.70. The molecule has 21 heavy (non-hydrogen) atoms. The molecule has 0 saturated heterocycles. The minimum atomic E-state index is -2.76. The van der Waals surface area contributed by atoms with Crippen LogP contribution >= 0.6 is 0 Å². The quantitative estimate of drug-likeness (QED) is 0.635. The van der Waals surface area contributed by atoms with E-state index >= 15 is 0 Å². The lowest BCUT2D eigenvalue weighted by molar-refractivity contribution is -0.385. The number of nitro groups is 1. The highest BCUT2D eigenvalue weighted by Gasteiger charge is 2.19. The number of nitrogens with zero attached hydrogens (tertiary/aromatic N) is 4. The Bertz CT molecular complexity index is 754. The number of aromatic nitrogens is 3. The Kier molecular flexibility index (Phi) is 3.78.